The third-order valence-corrected chi connectivity index (χ3v) is 7.46. The van der Waals surface area contributed by atoms with Crippen LogP contribution in [-0.4, -0.2) is 61.8 Å². The second-order valence-electron chi connectivity index (χ2n) is 11.6. The Balaban J connectivity index is 1.38. The minimum absolute atomic E-state index is 0.0506. The maximum Gasteiger partial charge on any atom is 0.410 e. The molecular formula is C30H34FN7O3. The first kappa shape index (κ1) is 26.8. The highest BCUT2D eigenvalue weighted by atomic mass is 19.1. The normalized spacial score (nSPS) is 17.1. The Labute approximate surface area is 237 Å². The van der Waals surface area contributed by atoms with Crippen molar-refractivity contribution >= 4 is 28.8 Å². The van der Waals surface area contributed by atoms with Crippen molar-refractivity contribution in [1.82, 2.24) is 24.4 Å². The van der Waals surface area contributed by atoms with E-state index in [9.17, 15) is 4.79 Å². The lowest BCUT2D eigenvalue weighted by atomic mass is 10.0. The summed E-state index contributed by atoms with van der Waals surface area (Å²) in [5.74, 6) is 1.11. The van der Waals surface area contributed by atoms with Gasteiger partial charge in [-0.1, -0.05) is 12.1 Å². The van der Waals surface area contributed by atoms with Crippen LogP contribution in [0.15, 0.2) is 42.7 Å². The van der Waals surface area contributed by atoms with Gasteiger partial charge in [-0.25, -0.2) is 24.1 Å². The molecule has 214 valence electrons. The summed E-state index contributed by atoms with van der Waals surface area (Å²) in [7, 11) is 0. The summed E-state index contributed by atoms with van der Waals surface area (Å²) in [6.07, 6.45) is 2.91. The van der Waals surface area contributed by atoms with Gasteiger partial charge in [-0.3, -0.25) is 0 Å². The quantitative estimate of drug-likeness (QED) is 0.347. The maximum absolute atomic E-state index is 15.5. The molecule has 0 unspecified atom stereocenters. The molecule has 4 aromatic rings. The van der Waals surface area contributed by atoms with Crippen LogP contribution in [0.2, 0.25) is 0 Å². The zero-order chi connectivity index (χ0) is 28.9. The van der Waals surface area contributed by atoms with E-state index < -0.39 is 11.4 Å². The van der Waals surface area contributed by atoms with Crippen molar-refractivity contribution in [1.29, 1.82) is 0 Å². The van der Waals surface area contributed by atoms with E-state index in [1.165, 1.54) is 12.4 Å². The summed E-state index contributed by atoms with van der Waals surface area (Å²) in [6, 6.07) is 10.3. The van der Waals surface area contributed by atoms with Crippen molar-refractivity contribution in [2.24, 2.45) is 0 Å². The molecule has 1 saturated heterocycles. The molecule has 0 spiro atoms. The number of pyridine rings is 1. The molecule has 1 atom stereocenters. The number of ether oxygens (including phenoxy) is 2. The van der Waals surface area contributed by atoms with Crippen LogP contribution in [0.4, 0.5) is 20.8 Å². The average Bonchev–Trinajstić information content (AvgIpc) is 3.49. The molecule has 2 aliphatic rings. The number of anilines is 2. The van der Waals surface area contributed by atoms with Crippen LogP contribution in [0.25, 0.3) is 22.2 Å². The molecule has 0 radical (unpaired) electrons. The number of hydrogen-bond acceptors (Lipinski definition) is 8. The van der Waals surface area contributed by atoms with Crippen molar-refractivity contribution in [2.45, 2.75) is 58.7 Å². The first-order chi connectivity index (χ1) is 19.6. The van der Waals surface area contributed by atoms with Gasteiger partial charge < -0.3 is 29.6 Å². The summed E-state index contributed by atoms with van der Waals surface area (Å²) in [4.78, 5) is 30.1. The second-order valence-corrected chi connectivity index (χ2v) is 11.6. The Bertz CT molecular complexity index is 1630. The topological polar surface area (TPSA) is 112 Å². The molecule has 1 aromatic carbocycles. The summed E-state index contributed by atoms with van der Waals surface area (Å²) < 4.78 is 29.0. The molecule has 10 nitrogen and oxygen atoms in total. The van der Waals surface area contributed by atoms with E-state index >= 15 is 4.39 Å². The number of carbonyl (C=O) groups is 1. The number of piperidine rings is 1. The zero-order valence-corrected chi connectivity index (χ0v) is 23.7. The number of likely N-dealkylation sites (tertiary alicyclic amines) is 1. The zero-order valence-electron chi connectivity index (χ0n) is 23.7. The molecule has 2 N–H and O–H groups in total. The SMILES string of the molecule is Cc1cccc(Oc2ccc(-c3c4n(c5ncnc(N)c35)CCN4[C@@H]3CCCN(C(=O)OC(C)(C)C)C3)cc2F)n1. The summed E-state index contributed by atoms with van der Waals surface area (Å²) in [5, 5.41) is 0.681. The van der Waals surface area contributed by atoms with Crippen LogP contribution in [0.1, 0.15) is 39.3 Å². The molecule has 0 bridgehead atoms. The van der Waals surface area contributed by atoms with Crippen LogP contribution >= 0.6 is 0 Å². The number of aryl methyl sites for hydroxylation is 1. The van der Waals surface area contributed by atoms with Crippen LogP contribution in [0, 0.1) is 12.7 Å². The lowest BCUT2D eigenvalue weighted by molar-refractivity contribution is 0.0198. The fourth-order valence-electron chi connectivity index (χ4n) is 5.76. The lowest BCUT2D eigenvalue weighted by Gasteiger charge is -2.39. The standard InChI is InChI=1S/C30H34FN7O3/c1-18-7-5-9-23(35-18)40-22-11-10-19(15-21(22)31)24-25-26(32)33-17-34-27(25)38-14-13-37(28(24)38)20-8-6-12-36(16-20)29(39)41-30(2,3)4/h5,7,9-11,15,17,20H,6,8,12-14,16H2,1-4H3,(H2,32,33,34)/t20-/m1/s1. The fraction of sp³-hybridized carbons (Fsp3) is 0.400. The number of nitrogens with two attached hydrogens (primary N) is 1. The molecule has 3 aromatic heterocycles. The smallest absolute Gasteiger partial charge is 0.410 e. The number of carbonyl (C=O) groups excluding carboxylic acids is 1. The van der Waals surface area contributed by atoms with Crippen molar-refractivity contribution in [2.75, 3.05) is 30.3 Å². The highest BCUT2D eigenvalue weighted by molar-refractivity contribution is 6.07. The number of aromatic nitrogens is 4. The Morgan fingerprint density at radius 1 is 1.12 bits per heavy atom. The van der Waals surface area contributed by atoms with Crippen molar-refractivity contribution in [3.05, 3.63) is 54.2 Å². The van der Waals surface area contributed by atoms with Gasteiger partial charge in [0.15, 0.2) is 11.6 Å². The lowest BCUT2D eigenvalue weighted by Crippen LogP contribution is -2.50. The number of nitrogen functional groups attached to an aromatic ring is 1. The third-order valence-electron chi connectivity index (χ3n) is 7.46. The molecule has 5 heterocycles. The van der Waals surface area contributed by atoms with E-state index in [1.807, 2.05) is 45.9 Å². The van der Waals surface area contributed by atoms with E-state index in [2.05, 4.69) is 24.4 Å². The molecule has 2 aliphatic heterocycles. The number of rotatable bonds is 4. The van der Waals surface area contributed by atoms with Crippen LogP contribution < -0.4 is 15.4 Å². The van der Waals surface area contributed by atoms with E-state index in [-0.39, 0.29) is 17.9 Å². The van der Waals surface area contributed by atoms with Gasteiger partial charge >= 0.3 is 6.09 Å². The van der Waals surface area contributed by atoms with Gasteiger partial charge in [-0.2, -0.15) is 0 Å². The van der Waals surface area contributed by atoms with Crippen LogP contribution in [0.5, 0.6) is 11.6 Å². The van der Waals surface area contributed by atoms with Crippen LogP contribution in [0.3, 0.4) is 0 Å². The van der Waals surface area contributed by atoms with E-state index in [0.717, 1.165) is 36.5 Å². The van der Waals surface area contributed by atoms with Gasteiger partial charge in [0, 0.05) is 49.5 Å². The van der Waals surface area contributed by atoms with Gasteiger partial charge in [0.05, 0.1) is 5.39 Å². The molecule has 1 fully saturated rings. The highest BCUT2D eigenvalue weighted by Gasteiger charge is 2.37. The Morgan fingerprint density at radius 3 is 2.71 bits per heavy atom. The van der Waals surface area contributed by atoms with Crippen molar-refractivity contribution in [3.8, 4) is 22.8 Å². The average molecular weight is 560 g/mol. The van der Waals surface area contributed by atoms with Gasteiger partial charge in [-0.05, 0) is 64.3 Å². The molecule has 6 rings (SSSR count). The number of fused-ring (bicyclic) bond motifs is 3. The fourth-order valence-corrected chi connectivity index (χ4v) is 5.76. The van der Waals surface area contributed by atoms with Gasteiger partial charge in [0.1, 0.15) is 29.2 Å². The molecule has 0 aliphatic carbocycles. The summed E-state index contributed by atoms with van der Waals surface area (Å²) >= 11 is 0. The Morgan fingerprint density at radius 2 is 1.95 bits per heavy atom. The van der Waals surface area contributed by atoms with Gasteiger partial charge in [0.2, 0.25) is 5.88 Å². The first-order valence-electron chi connectivity index (χ1n) is 13.9. The predicted octanol–water partition coefficient (Wildman–Crippen LogP) is 5.53. The molecule has 11 heteroatoms. The second kappa shape index (κ2) is 10.2. The Hall–Kier alpha value is -4.41. The Kier molecular flexibility index (Phi) is 6.67. The number of nitrogens with zero attached hydrogens (tertiary/aromatic N) is 6. The monoisotopic (exact) mass is 559 g/mol. The largest absolute Gasteiger partial charge is 0.444 e. The molecule has 41 heavy (non-hydrogen) atoms. The molecular weight excluding hydrogens is 525 g/mol. The minimum Gasteiger partial charge on any atom is -0.444 e. The van der Waals surface area contributed by atoms with Gasteiger partial charge in [0.25, 0.3) is 0 Å². The number of benzene rings is 1. The van der Waals surface area contributed by atoms with Crippen LogP contribution in [-0.2, 0) is 11.3 Å². The first-order valence-corrected chi connectivity index (χ1v) is 13.9. The van der Waals surface area contributed by atoms with Crippen molar-refractivity contribution in [3.63, 3.8) is 0 Å². The van der Waals surface area contributed by atoms with E-state index in [4.69, 9.17) is 15.2 Å². The third kappa shape index (κ3) is 5.12. The van der Waals surface area contributed by atoms with E-state index in [0.29, 0.717) is 47.9 Å². The molecule has 1 amide bonds. The molecule has 0 saturated carbocycles. The number of hydrogen-bond donors (Lipinski definition) is 1. The highest BCUT2D eigenvalue weighted by Crippen LogP contribution is 2.46. The number of amides is 1. The van der Waals surface area contributed by atoms with Gasteiger partial charge in [-0.15, -0.1) is 0 Å². The summed E-state index contributed by atoms with van der Waals surface area (Å²) in [5.41, 5.74) is 8.72. The van der Waals surface area contributed by atoms with Crippen molar-refractivity contribution < 1.29 is 18.7 Å². The maximum atomic E-state index is 15.5. The predicted molar refractivity (Wildman–Crippen MR) is 155 cm³/mol. The summed E-state index contributed by atoms with van der Waals surface area (Å²) in [6.45, 7) is 10.1. The number of halogens is 1. The minimum atomic E-state index is -0.567. The van der Waals surface area contributed by atoms with E-state index in [1.54, 1.807) is 17.0 Å².